The predicted molar refractivity (Wildman–Crippen MR) is 121 cm³/mol. The van der Waals surface area contributed by atoms with Gasteiger partial charge in [0.1, 0.15) is 5.15 Å². The molecule has 0 spiro atoms. The number of nitrogens with zero attached hydrogens (tertiary/aromatic N) is 2. The lowest BCUT2D eigenvalue weighted by Gasteiger charge is -2.40. The lowest BCUT2D eigenvalue weighted by molar-refractivity contribution is -0.0835. The molecule has 5 nitrogen and oxygen atoms in total. The smallest absolute Gasteiger partial charge is 0.191 e. The molecule has 0 saturated carbocycles. The SMILES string of the molecule is CN=C(NCc1cc(Cl)c(Cl)n1C)NCC1CCCOC1C(C)(C)C.I. The van der Waals surface area contributed by atoms with Crippen molar-refractivity contribution in [2.45, 2.75) is 46.3 Å². The standard InChI is InChI=1S/C18H30Cl2N4O.HI/c1-18(2,3)15-12(7-6-8-25-15)10-22-17(21-4)23-11-13-9-14(19)16(20)24(13)5;/h9,12,15H,6-8,10-11H2,1-5H3,(H2,21,22,23);1H. The van der Waals surface area contributed by atoms with Crippen LogP contribution in [0.2, 0.25) is 10.2 Å². The normalized spacial score (nSPS) is 21.3. The molecule has 26 heavy (non-hydrogen) atoms. The summed E-state index contributed by atoms with van der Waals surface area (Å²) in [6, 6.07) is 1.87. The summed E-state index contributed by atoms with van der Waals surface area (Å²) in [5, 5.41) is 7.87. The molecular weight excluding hydrogens is 486 g/mol. The highest BCUT2D eigenvalue weighted by Crippen LogP contribution is 2.33. The van der Waals surface area contributed by atoms with E-state index in [0.717, 1.165) is 31.2 Å². The Labute approximate surface area is 184 Å². The largest absolute Gasteiger partial charge is 0.377 e. The average molecular weight is 517 g/mol. The van der Waals surface area contributed by atoms with E-state index in [0.29, 0.717) is 22.6 Å². The zero-order valence-electron chi connectivity index (χ0n) is 16.2. The van der Waals surface area contributed by atoms with Crippen molar-refractivity contribution >= 4 is 53.1 Å². The third kappa shape index (κ3) is 6.17. The fourth-order valence-electron chi connectivity index (χ4n) is 3.39. The molecule has 0 radical (unpaired) electrons. The second kappa shape index (κ2) is 10.4. The molecule has 1 aromatic rings. The summed E-state index contributed by atoms with van der Waals surface area (Å²) < 4.78 is 7.92. The van der Waals surface area contributed by atoms with Crippen LogP contribution in [0.4, 0.5) is 0 Å². The Balaban J connectivity index is 0.00000338. The molecule has 150 valence electrons. The van der Waals surface area contributed by atoms with Gasteiger partial charge in [0.25, 0.3) is 0 Å². The molecule has 1 saturated heterocycles. The number of aromatic nitrogens is 1. The van der Waals surface area contributed by atoms with E-state index in [1.807, 2.05) is 17.7 Å². The third-order valence-corrected chi connectivity index (χ3v) is 5.55. The zero-order chi connectivity index (χ0) is 18.6. The molecule has 2 unspecified atom stereocenters. The number of nitrogens with one attached hydrogen (secondary N) is 2. The van der Waals surface area contributed by atoms with E-state index in [-0.39, 0.29) is 35.5 Å². The molecule has 2 atom stereocenters. The van der Waals surface area contributed by atoms with Gasteiger partial charge >= 0.3 is 0 Å². The summed E-state index contributed by atoms with van der Waals surface area (Å²) in [5.41, 5.74) is 1.15. The van der Waals surface area contributed by atoms with E-state index >= 15 is 0 Å². The first-order valence-electron chi connectivity index (χ1n) is 8.79. The quantitative estimate of drug-likeness (QED) is 0.353. The number of guanidine groups is 1. The fraction of sp³-hybridized carbons (Fsp3) is 0.722. The van der Waals surface area contributed by atoms with Crippen molar-refractivity contribution in [1.29, 1.82) is 0 Å². The van der Waals surface area contributed by atoms with Gasteiger partial charge in [0, 0.05) is 38.9 Å². The number of halogens is 3. The molecule has 1 aliphatic heterocycles. The Morgan fingerprint density at radius 3 is 2.58 bits per heavy atom. The Hall–Kier alpha value is -0.180. The van der Waals surface area contributed by atoms with Gasteiger partial charge in [0.2, 0.25) is 0 Å². The van der Waals surface area contributed by atoms with Crippen molar-refractivity contribution in [3.05, 3.63) is 21.9 Å². The highest BCUT2D eigenvalue weighted by Gasteiger charge is 2.35. The van der Waals surface area contributed by atoms with Gasteiger partial charge in [-0.05, 0) is 24.3 Å². The van der Waals surface area contributed by atoms with E-state index in [9.17, 15) is 0 Å². The minimum atomic E-state index is 0. The second-order valence-corrected chi connectivity index (χ2v) is 8.47. The molecule has 0 aromatic carbocycles. The topological polar surface area (TPSA) is 50.6 Å². The molecule has 2 heterocycles. The van der Waals surface area contributed by atoms with Crippen molar-refractivity contribution in [2.75, 3.05) is 20.2 Å². The van der Waals surface area contributed by atoms with Crippen LogP contribution in [0.15, 0.2) is 11.1 Å². The van der Waals surface area contributed by atoms with Gasteiger partial charge in [-0.25, -0.2) is 0 Å². The van der Waals surface area contributed by atoms with Crippen molar-refractivity contribution in [3.8, 4) is 0 Å². The summed E-state index contributed by atoms with van der Waals surface area (Å²) in [6.45, 7) is 9.03. The van der Waals surface area contributed by atoms with E-state index < -0.39 is 0 Å². The van der Waals surface area contributed by atoms with Gasteiger partial charge < -0.3 is 19.9 Å². The van der Waals surface area contributed by atoms with Crippen LogP contribution in [0.25, 0.3) is 0 Å². The number of hydrogen-bond acceptors (Lipinski definition) is 2. The lowest BCUT2D eigenvalue weighted by atomic mass is 9.78. The summed E-state index contributed by atoms with van der Waals surface area (Å²) in [7, 11) is 3.67. The molecule has 2 N–H and O–H groups in total. The predicted octanol–water partition coefficient (Wildman–Crippen LogP) is 4.46. The molecule has 0 amide bonds. The number of aliphatic imine (C=N–C) groups is 1. The zero-order valence-corrected chi connectivity index (χ0v) is 20.1. The van der Waals surface area contributed by atoms with Crippen LogP contribution in [0.1, 0.15) is 39.3 Å². The summed E-state index contributed by atoms with van der Waals surface area (Å²) >= 11 is 12.2. The first-order valence-corrected chi connectivity index (χ1v) is 9.55. The monoisotopic (exact) mass is 516 g/mol. The van der Waals surface area contributed by atoms with Crippen LogP contribution in [0, 0.1) is 11.3 Å². The van der Waals surface area contributed by atoms with Gasteiger partial charge in [0.05, 0.1) is 17.7 Å². The van der Waals surface area contributed by atoms with Crippen molar-refractivity contribution < 1.29 is 4.74 Å². The van der Waals surface area contributed by atoms with Crippen LogP contribution in [0.3, 0.4) is 0 Å². The maximum Gasteiger partial charge on any atom is 0.191 e. The molecular formula is C18H31Cl2IN4O. The van der Waals surface area contributed by atoms with Crippen LogP contribution < -0.4 is 10.6 Å². The summed E-state index contributed by atoms with van der Waals surface area (Å²) in [6.07, 6.45) is 2.55. The number of hydrogen-bond donors (Lipinski definition) is 2. The highest BCUT2D eigenvalue weighted by atomic mass is 127. The third-order valence-electron chi connectivity index (χ3n) is 4.71. The fourth-order valence-corrected chi connectivity index (χ4v) is 3.81. The molecule has 8 heteroatoms. The second-order valence-electron chi connectivity index (χ2n) is 7.70. The van der Waals surface area contributed by atoms with E-state index in [2.05, 4.69) is 36.4 Å². The minimum absolute atomic E-state index is 0. The Morgan fingerprint density at radius 1 is 1.35 bits per heavy atom. The van der Waals surface area contributed by atoms with Gasteiger partial charge in [-0.15, -0.1) is 24.0 Å². The van der Waals surface area contributed by atoms with E-state index in [1.165, 1.54) is 6.42 Å². The average Bonchev–Trinajstić information content (AvgIpc) is 2.81. The first kappa shape index (κ1) is 23.9. The maximum absolute atomic E-state index is 6.11. The molecule has 2 rings (SSSR count). The highest BCUT2D eigenvalue weighted by molar-refractivity contribution is 14.0. The molecule has 1 aromatic heterocycles. The van der Waals surface area contributed by atoms with E-state index in [4.69, 9.17) is 27.9 Å². The molecule has 1 fully saturated rings. The maximum atomic E-state index is 6.11. The number of ether oxygens (including phenoxy) is 1. The minimum Gasteiger partial charge on any atom is -0.377 e. The van der Waals surface area contributed by atoms with Crippen LogP contribution >= 0.6 is 47.2 Å². The molecule has 0 bridgehead atoms. The van der Waals surface area contributed by atoms with Gasteiger partial charge in [-0.2, -0.15) is 0 Å². The Morgan fingerprint density at radius 2 is 2.04 bits per heavy atom. The van der Waals surface area contributed by atoms with Gasteiger partial charge in [-0.3, -0.25) is 4.99 Å². The first-order chi connectivity index (χ1) is 11.7. The Bertz CT molecular complexity index is 613. The number of rotatable bonds is 4. The van der Waals surface area contributed by atoms with E-state index in [1.54, 1.807) is 7.05 Å². The summed E-state index contributed by atoms with van der Waals surface area (Å²) in [4.78, 5) is 4.31. The van der Waals surface area contributed by atoms with Crippen LogP contribution in [0.5, 0.6) is 0 Å². The van der Waals surface area contributed by atoms with Crippen molar-refractivity contribution in [1.82, 2.24) is 15.2 Å². The molecule has 1 aliphatic rings. The van der Waals surface area contributed by atoms with Crippen molar-refractivity contribution in [3.63, 3.8) is 0 Å². The molecule has 0 aliphatic carbocycles. The van der Waals surface area contributed by atoms with Crippen molar-refractivity contribution in [2.24, 2.45) is 23.4 Å². The Kier molecular flexibility index (Phi) is 9.53. The van der Waals surface area contributed by atoms with Crippen LogP contribution in [-0.4, -0.2) is 36.8 Å². The summed E-state index contributed by atoms with van der Waals surface area (Å²) in [5.74, 6) is 1.25. The lowest BCUT2D eigenvalue weighted by Crippen LogP contribution is -2.47. The van der Waals surface area contributed by atoms with Gasteiger partial charge in [-0.1, -0.05) is 44.0 Å². The van der Waals surface area contributed by atoms with Crippen LogP contribution in [-0.2, 0) is 18.3 Å². The van der Waals surface area contributed by atoms with Gasteiger partial charge in [0.15, 0.2) is 5.96 Å².